The molecule has 1 heterocycles. The third-order valence-corrected chi connectivity index (χ3v) is 3.33. The lowest BCUT2D eigenvalue weighted by Crippen LogP contribution is -2.08. The van der Waals surface area contributed by atoms with Gasteiger partial charge in [0, 0.05) is 4.47 Å². The molecule has 21 heavy (non-hydrogen) atoms. The van der Waals surface area contributed by atoms with Crippen LogP contribution in [-0.4, -0.2) is 11.6 Å². The number of nitrogen functional groups attached to an aromatic ring is 1. The summed E-state index contributed by atoms with van der Waals surface area (Å²) in [6.45, 7) is 4.62. The molecule has 0 unspecified atom stereocenters. The van der Waals surface area contributed by atoms with Crippen molar-refractivity contribution >= 4 is 33.1 Å². The number of ether oxygens (including phenoxy) is 1. The maximum Gasteiger partial charge on any atom is 0.239 e. The van der Waals surface area contributed by atoms with E-state index in [9.17, 15) is 4.39 Å². The van der Waals surface area contributed by atoms with E-state index in [-0.39, 0.29) is 5.82 Å². The molecule has 3 N–H and O–H groups in total. The standard InChI is InChI=1S/C15H17BrFN3O/c1-9(2)8-21-15-12(18)5-6-14(20-15)19-13-7-10(17)3-4-11(13)16/h3-7,9H,8,18H2,1-2H3,(H,19,20). The van der Waals surface area contributed by atoms with Gasteiger partial charge in [-0.1, -0.05) is 13.8 Å². The molecule has 1 aromatic carbocycles. The molecular formula is C15H17BrFN3O. The Morgan fingerprint density at radius 2 is 2.10 bits per heavy atom. The summed E-state index contributed by atoms with van der Waals surface area (Å²) in [6, 6.07) is 7.82. The van der Waals surface area contributed by atoms with E-state index in [1.54, 1.807) is 18.2 Å². The van der Waals surface area contributed by atoms with E-state index in [0.29, 0.717) is 35.6 Å². The number of halogens is 2. The van der Waals surface area contributed by atoms with Crippen LogP contribution in [0.4, 0.5) is 21.6 Å². The van der Waals surface area contributed by atoms with Crippen molar-refractivity contribution in [3.63, 3.8) is 0 Å². The van der Waals surface area contributed by atoms with Crippen LogP contribution < -0.4 is 15.8 Å². The van der Waals surface area contributed by atoms with Gasteiger partial charge in [-0.2, -0.15) is 4.98 Å². The van der Waals surface area contributed by atoms with Crippen molar-refractivity contribution in [2.45, 2.75) is 13.8 Å². The van der Waals surface area contributed by atoms with Crippen LogP contribution in [0.2, 0.25) is 0 Å². The Hall–Kier alpha value is -1.82. The number of rotatable bonds is 5. The summed E-state index contributed by atoms with van der Waals surface area (Å²) in [5.74, 6) is 0.961. The molecule has 0 fully saturated rings. The van der Waals surface area contributed by atoms with Gasteiger partial charge in [-0.15, -0.1) is 0 Å². The highest BCUT2D eigenvalue weighted by atomic mass is 79.9. The lowest BCUT2D eigenvalue weighted by atomic mass is 10.2. The van der Waals surface area contributed by atoms with Gasteiger partial charge < -0.3 is 15.8 Å². The first-order chi connectivity index (χ1) is 9.95. The summed E-state index contributed by atoms with van der Waals surface area (Å²) in [7, 11) is 0. The smallest absolute Gasteiger partial charge is 0.239 e. The fraction of sp³-hybridized carbons (Fsp3) is 0.267. The van der Waals surface area contributed by atoms with Gasteiger partial charge in [0.25, 0.3) is 0 Å². The van der Waals surface area contributed by atoms with Crippen molar-refractivity contribution in [2.75, 3.05) is 17.7 Å². The predicted molar refractivity (Wildman–Crippen MR) is 86.4 cm³/mol. The zero-order valence-corrected chi connectivity index (χ0v) is 13.4. The van der Waals surface area contributed by atoms with Crippen molar-refractivity contribution < 1.29 is 9.13 Å². The molecule has 1 aromatic heterocycles. The molecule has 0 spiro atoms. The Morgan fingerprint density at radius 3 is 2.81 bits per heavy atom. The van der Waals surface area contributed by atoms with Crippen molar-refractivity contribution in [1.82, 2.24) is 4.98 Å². The molecular weight excluding hydrogens is 337 g/mol. The number of nitrogens with zero attached hydrogens (tertiary/aromatic N) is 1. The van der Waals surface area contributed by atoms with Gasteiger partial charge in [0.2, 0.25) is 5.88 Å². The van der Waals surface area contributed by atoms with Crippen LogP contribution in [-0.2, 0) is 0 Å². The highest BCUT2D eigenvalue weighted by Gasteiger charge is 2.08. The second-order valence-electron chi connectivity index (χ2n) is 5.04. The molecule has 4 nitrogen and oxygen atoms in total. The number of aromatic nitrogens is 1. The summed E-state index contributed by atoms with van der Waals surface area (Å²) in [6.07, 6.45) is 0. The average molecular weight is 354 g/mol. The van der Waals surface area contributed by atoms with E-state index in [1.807, 2.05) is 13.8 Å². The highest BCUT2D eigenvalue weighted by Crippen LogP contribution is 2.28. The van der Waals surface area contributed by atoms with Gasteiger partial charge in [0.05, 0.1) is 18.0 Å². The van der Waals surface area contributed by atoms with Gasteiger partial charge in [-0.05, 0) is 52.2 Å². The lowest BCUT2D eigenvalue weighted by molar-refractivity contribution is 0.263. The molecule has 2 rings (SSSR count). The molecule has 0 aliphatic heterocycles. The molecule has 2 aromatic rings. The molecule has 112 valence electrons. The average Bonchev–Trinajstić information content (AvgIpc) is 2.43. The van der Waals surface area contributed by atoms with Gasteiger partial charge in [-0.3, -0.25) is 0 Å². The largest absolute Gasteiger partial charge is 0.476 e. The molecule has 0 atom stereocenters. The van der Waals surface area contributed by atoms with Crippen molar-refractivity contribution in [2.24, 2.45) is 5.92 Å². The van der Waals surface area contributed by atoms with Crippen LogP contribution >= 0.6 is 15.9 Å². The van der Waals surface area contributed by atoms with Crippen LogP contribution in [0.3, 0.4) is 0 Å². The number of nitrogens with two attached hydrogens (primary N) is 1. The normalized spacial score (nSPS) is 10.7. The summed E-state index contributed by atoms with van der Waals surface area (Å²) < 4.78 is 19.6. The Morgan fingerprint density at radius 1 is 1.33 bits per heavy atom. The second kappa shape index (κ2) is 6.76. The third kappa shape index (κ3) is 4.32. The number of nitrogens with one attached hydrogen (secondary N) is 1. The monoisotopic (exact) mass is 353 g/mol. The van der Waals surface area contributed by atoms with Crippen molar-refractivity contribution in [3.8, 4) is 5.88 Å². The molecule has 0 radical (unpaired) electrons. The third-order valence-electron chi connectivity index (χ3n) is 2.63. The first-order valence-electron chi connectivity index (χ1n) is 6.57. The number of hydrogen-bond acceptors (Lipinski definition) is 4. The second-order valence-corrected chi connectivity index (χ2v) is 5.90. The zero-order chi connectivity index (χ0) is 15.4. The van der Waals surface area contributed by atoms with Crippen LogP contribution in [0.1, 0.15) is 13.8 Å². The Balaban J connectivity index is 2.20. The van der Waals surface area contributed by atoms with E-state index in [0.717, 1.165) is 4.47 Å². The Labute approximate surface area is 131 Å². The molecule has 0 bridgehead atoms. The Bertz CT molecular complexity index is 634. The minimum atomic E-state index is -0.326. The molecule has 0 saturated heterocycles. The molecule has 0 aliphatic rings. The van der Waals surface area contributed by atoms with Gasteiger partial charge in [0.15, 0.2) is 0 Å². The van der Waals surface area contributed by atoms with Gasteiger partial charge >= 0.3 is 0 Å². The fourth-order valence-electron chi connectivity index (χ4n) is 1.61. The molecule has 0 aliphatic carbocycles. The zero-order valence-electron chi connectivity index (χ0n) is 11.9. The van der Waals surface area contributed by atoms with E-state index >= 15 is 0 Å². The number of anilines is 3. The first-order valence-corrected chi connectivity index (χ1v) is 7.36. The van der Waals surface area contributed by atoms with Crippen LogP contribution in [0.15, 0.2) is 34.8 Å². The van der Waals surface area contributed by atoms with E-state index in [2.05, 4.69) is 26.2 Å². The molecule has 6 heteroatoms. The minimum absolute atomic E-state index is 0.326. The first kappa shape index (κ1) is 15.6. The lowest BCUT2D eigenvalue weighted by Gasteiger charge is -2.13. The molecule has 0 saturated carbocycles. The quantitative estimate of drug-likeness (QED) is 0.838. The van der Waals surface area contributed by atoms with E-state index in [1.165, 1.54) is 12.1 Å². The highest BCUT2D eigenvalue weighted by molar-refractivity contribution is 9.10. The van der Waals surface area contributed by atoms with E-state index < -0.39 is 0 Å². The summed E-state index contributed by atoms with van der Waals surface area (Å²) in [4.78, 5) is 4.31. The van der Waals surface area contributed by atoms with Crippen molar-refractivity contribution in [1.29, 1.82) is 0 Å². The van der Waals surface area contributed by atoms with Crippen LogP contribution in [0.25, 0.3) is 0 Å². The summed E-state index contributed by atoms with van der Waals surface area (Å²) in [5, 5.41) is 3.03. The summed E-state index contributed by atoms with van der Waals surface area (Å²) in [5.41, 5.74) is 6.90. The van der Waals surface area contributed by atoms with Gasteiger partial charge in [-0.25, -0.2) is 4.39 Å². The molecule has 0 amide bonds. The number of hydrogen-bond donors (Lipinski definition) is 2. The van der Waals surface area contributed by atoms with Crippen LogP contribution in [0.5, 0.6) is 5.88 Å². The number of benzene rings is 1. The number of pyridine rings is 1. The maximum absolute atomic E-state index is 13.3. The topological polar surface area (TPSA) is 60.2 Å². The Kier molecular flexibility index (Phi) is 5.01. The van der Waals surface area contributed by atoms with Crippen LogP contribution in [0, 0.1) is 11.7 Å². The van der Waals surface area contributed by atoms with Crippen molar-refractivity contribution in [3.05, 3.63) is 40.6 Å². The van der Waals surface area contributed by atoms with E-state index in [4.69, 9.17) is 10.5 Å². The predicted octanol–water partition coefficient (Wildman–Crippen LogP) is 4.34. The summed E-state index contributed by atoms with van der Waals surface area (Å²) >= 11 is 3.36. The van der Waals surface area contributed by atoms with Gasteiger partial charge in [0.1, 0.15) is 11.6 Å². The fourth-order valence-corrected chi connectivity index (χ4v) is 1.96. The maximum atomic E-state index is 13.3. The SMILES string of the molecule is CC(C)COc1nc(Nc2cc(F)ccc2Br)ccc1N. The minimum Gasteiger partial charge on any atom is -0.476 e.